The maximum Gasteiger partial charge on any atom is 0.329 e. The standard InChI is InChI=1S/C15H20BrNO3/c1-3-14(2)10-15(13(18)19,7-8-20-14)17-12-6-4-5-11(16)9-12/h4-6,9,17H,3,7-8,10H2,1-2H3,(H,18,19). The summed E-state index contributed by atoms with van der Waals surface area (Å²) in [4.78, 5) is 11.8. The number of carbonyl (C=O) groups is 1. The molecule has 2 rings (SSSR count). The summed E-state index contributed by atoms with van der Waals surface area (Å²) in [5.74, 6) is -0.819. The number of carboxylic acid groups (broad SMARTS) is 1. The van der Waals surface area contributed by atoms with E-state index in [1.54, 1.807) is 0 Å². The molecule has 2 unspecified atom stereocenters. The Balaban J connectivity index is 2.28. The van der Waals surface area contributed by atoms with Crippen LogP contribution in [0.2, 0.25) is 0 Å². The molecule has 0 amide bonds. The maximum absolute atomic E-state index is 11.8. The molecule has 0 saturated carbocycles. The van der Waals surface area contributed by atoms with Crippen molar-refractivity contribution in [3.8, 4) is 0 Å². The number of aliphatic carboxylic acids is 1. The molecule has 20 heavy (non-hydrogen) atoms. The zero-order valence-electron chi connectivity index (χ0n) is 11.8. The van der Waals surface area contributed by atoms with E-state index in [1.807, 2.05) is 38.1 Å². The van der Waals surface area contributed by atoms with E-state index >= 15 is 0 Å². The summed E-state index contributed by atoms with van der Waals surface area (Å²) in [6.07, 6.45) is 1.71. The van der Waals surface area contributed by atoms with Crippen molar-refractivity contribution in [2.45, 2.75) is 44.2 Å². The molecular weight excluding hydrogens is 322 g/mol. The summed E-state index contributed by atoms with van der Waals surface area (Å²) in [6, 6.07) is 7.58. The van der Waals surface area contributed by atoms with Crippen molar-refractivity contribution in [1.82, 2.24) is 0 Å². The van der Waals surface area contributed by atoms with Gasteiger partial charge in [0.05, 0.1) is 12.2 Å². The molecule has 1 saturated heterocycles. The highest BCUT2D eigenvalue weighted by Gasteiger charge is 2.47. The van der Waals surface area contributed by atoms with Gasteiger partial charge < -0.3 is 15.2 Å². The van der Waals surface area contributed by atoms with Crippen LogP contribution in [0.15, 0.2) is 28.7 Å². The van der Waals surface area contributed by atoms with E-state index in [2.05, 4.69) is 21.2 Å². The van der Waals surface area contributed by atoms with Crippen molar-refractivity contribution in [3.63, 3.8) is 0 Å². The summed E-state index contributed by atoms with van der Waals surface area (Å²) >= 11 is 3.41. The van der Waals surface area contributed by atoms with Crippen LogP contribution in [-0.4, -0.2) is 28.8 Å². The number of ether oxygens (including phenoxy) is 1. The topological polar surface area (TPSA) is 58.6 Å². The normalized spacial score (nSPS) is 29.9. The third-order valence-corrected chi connectivity index (χ3v) is 4.51. The molecule has 0 aliphatic carbocycles. The Morgan fingerprint density at radius 3 is 2.90 bits per heavy atom. The van der Waals surface area contributed by atoms with E-state index in [4.69, 9.17) is 4.74 Å². The van der Waals surface area contributed by atoms with Gasteiger partial charge in [0.25, 0.3) is 0 Å². The minimum Gasteiger partial charge on any atom is -0.480 e. The SMILES string of the molecule is CCC1(C)CC(Nc2cccc(Br)c2)(C(=O)O)CCO1. The molecule has 1 aliphatic rings. The highest BCUT2D eigenvalue weighted by molar-refractivity contribution is 9.10. The first-order chi connectivity index (χ1) is 9.39. The molecule has 0 aromatic heterocycles. The molecule has 0 spiro atoms. The van der Waals surface area contributed by atoms with Crippen LogP contribution in [0.4, 0.5) is 5.69 Å². The number of hydrogen-bond acceptors (Lipinski definition) is 3. The summed E-state index contributed by atoms with van der Waals surface area (Å²) in [6.45, 7) is 4.46. The van der Waals surface area contributed by atoms with E-state index in [-0.39, 0.29) is 0 Å². The summed E-state index contributed by atoms with van der Waals surface area (Å²) in [5, 5.41) is 12.9. The Morgan fingerprint density at radius 2 is 2.30 bits per heavy atom. The highest BCUT2D eigenvalue weighted by Crippen LogP contribution is 2.37. The van der Waals surface area contributed by atoms with Crippen molar-refractivity contribution in [2.75, 3.05) is 11.9 Å². The summed E-state index contributed by atoms with van der Waals surface area (Å²) in [5.41, 5.74) is -0.554. The van der Waals surface area contributed by atoms with Crippen LogP contribution in [0.5, 0.6) is 0 Å². The molecular formula is C15H20BrNO3. The molecule has 1 aromatic carbocycles. The molecule has 1 aromatic rings. The fourth-order valence-corrected chi connectivity index (χ4v) is 3.06. The molecule has 1 heterocycles. The van der Waals surface area contributed by atoms with Gasteiger partial charge in [-0.05, 0) is 31.5 Å². The van der Waals surface area contributed by atoms with E-state index < -0.39 is 17.1 Å². The van der Waals surface area contributed by atoms with Crippen molar-refractivity contribution < 1.29 is 14.6 Å². The van der Waals surface area contributed by atoms with Gasteiger partial charge in [-0.2, -0.15) is 0 Å². The van der Waals surface area contributed by atoms with Gasteiger partial charge in [0.15, 0.2) is 0 Å². The van der Waals surface area contributed by atoms with Crippen LogP contribution in [0.1, 0.15) is 33.1 Å². The number of halogens is 1. The second-order valence-electron chi connectivity index (χ2n) is 5.60. The van der Waals surface area contributed by atoms with Gasteiger partial charge in [0, 0.05) is 23.0 Å². The predicted octanol–water partition coefficient (Wildman–Crippen LogP) is 3.66. The lowest BCUT2D eigenvalue weighted by Crippen LogP contribution is -2.56. The zero-order chi connectivity index (χ0) is 14.8. The lowest BCUT2D eigenvalue weighted by Gasteiger charge is -2.44. The molecule has 2 atom stereocenters. The molecule has 5 heteroatoms. The predicted molar refractivity (Wildman–Crippen MR) is 82.0 cm³/mol. The number of anilines is 1. The van der Waals surface area contributed by atoms with Crippen molar-refractivity contribution >= 4 is 27.6 Å². The molecule has 4 nitrogen and oxygen atoms in total. The first kappa shape index (κ1) is 15.3. The number of rotatable bonds is 4. The van der Waals surface area contributed by atoms with E-state index in [9.17, 15) is 9.90 Å². The lowest BCUT2D eigenvalue weighted by atomic mass is 9.79. The van der Waals surface area contributed by atoms with Crippen LogP contribution in [0.3, 0.4) is 0 Å². The van der Waals surface area contributed by atoms with Crippen molar-refractivity contribution in [1.29, 1.82) is 0 Å². The van der Waals surface area contributed by atoms with Crippen LogP contribution >= 0.6 is 15.9 Å². The number of hydrogen-bond donors (Lipinski definition) is 2. The number of benzene rings is 1. The molecule has 110 valence electrons. The third kappa shape index (κ3) is 3.15. The minimum absolute atomic E-state index is 0.393. The van der Waals surface area contributed by atoms with Crippen molar-refractivity contribution in [3.05, 3.63) is 28.7 Å². The zero-order valence-corrected chi connectivity index (χ0v) is 13.4. The van der Waals surface area contributed by atoms with Crippen molar-refractivity contribution in [2.24, 2.45) is 0 Å². The Hall–Kier alpha value is -1.07. The molecule has 1 fully saturated rings. The van der Waals surface area contributed by atoms with Gasteiger partial charge in [-0.1, -0.05) is 28.9 Å². The fourth-order valence-electron chi connectivity index (χ4n) is 2.66. The summed E-state index contributed by atoms with van der Waals surface area (Å²) in [7, 11) is 0. The van der Waals surface area contributed by atoms with E-state index in [1.165, 1.54) is 0 Å². The average Bonchev–Trinajstić information content (AvgIpc) is 2.38. The van der Waals surface area contributed by atoms with Crippen LogP contribution in [0.25, 0.3) is 0 Å². The second kappa shape index (κ2) is 5.74. The van der Waals surface area contributed by atoms with Gasteiger partial charge in [0.1, 0.15) is 5.54 Å². The van der Waals surface area contributed by atoms with Gasteiger partial charge in [-0.3, -0.25) is 0 Å². The van der Waals surface area contributed by atoms with E-state index in [0.717, 1.165) is 16.6 Å². The summed E-state index contributed by atoms with van der Waals surface area (Å²) < 4.78 is 6.69. The molecule has 0 radical (unpaired) electrons. The van der Waals surface area contributed by atoms with Gasteiger partial charge in [-0.25, -0.2) is 4.79 Å². The minimum atomic E-state index is -0.968. The Kier molecular flexibility index (Phi) is 4.39. The van der Waals surface area contributed by atoms with Crippen LogP contribution < -0.4 is 5.32 Å². The molecule has 1 aliphatic heterocycles. The Morgan fingerprint density at radius 1 is 1.55 bits per heavy atom. The smallest absolute Gasteiger partial charge is 0.329 e. The first-order valence-electron chi connectivity index (χ1n) is 6.80. The fraction of sp³-hybridized carbons (Fsp3) is 0.533. The average molecular weight is 342 g/mol. The van der Waals surface area contributed by atoms with Gasteiger partial charge in [0.2, 0.25) is 0 Å². The lowest BCUT2D eigenvalue weighted by molar-refractivity contribution is -0.154. The third-order valence-electron chi connectivity index (χ3n) is 4.02. The molecule has 2 N–H and O–H groups in total. The molecule has 0 bridgehead atoms. The largest absolute Gasteiger partial charge is 0.480 e. The Bertz CT molecular complexity index is 508. The van der Waals surface area contributed by atoms with Gasteiger partial charge >= 0.3 is 5.97 Å². The Labute approximate surface area is 127 Å². The number of carboxylic acids is 1. The highest BCUT2D eigenvalue weighted by atomic mass is 79.9. The second-order valence-corrected chi connectivity index (χ2v) is 6.52. The quantitative estimate of drug-likeness (QED) is 0.877. The van der Waals surface area contributed by atoms with E-state index in [0.29, 0.717) is 19.4 Å². The van der Waals surface area contributed by atoms with Gasteiger partial charge in [-0.15, -0.1) is 0 Å². The number of nitrogens with one attached hydrogen (secondary N) is 1. The monoisotopic (exact) mass is 341 g/mol. The van der Waals surface area contributed by atoms with Crippen LogP contribution in [-0.2, 0) is 9.53 Å². The maximum atomic E-state index is 11.8. The van der Waals surface area contributed by atoms with Crippen LogP contribution in [0, 0.1) is 0 Å². The first-order valence-corrected chi connectivity index (χ1v) is 7.60.